The fourth-order valence-electron chi connectivity index (χ4n) is 4.55. The number of rotatable bonds is 13. The van der Waals surface area contributed by atoms with Crippen molar-refractivity contribution in [3.05, 3.63) is 89.7 Å². The van der Waals surface area contributed by atoms with Crippen LogP contribution in [0.3, 0.4) is 0 Å². The minimum atomic E-state index is -3.95. The molecule has 0 aliphatic carbocycles. The quantitative estimate of drug-likeness (QED) is 0.318. The summed E-state index contributed by atoms with van der Waals surface area (Å²) in [5.41, 5.74) is 1.21. The fraction of sp³-hybridized carbons (Fsp3) is 0.355. The van der Waals surface area contributed by atoms with E-state index in [4.69, 9.17) is 9.47 Å². The van der Waals surface area contributed by atoms with Crippen molar-refractivity contribution in [2.45, 2.75) is 39.8 Å². The van der Waals surface area contributed by atoms with Crippen molar-refractivity contribution in [2.24, 2.45) is 5.92 Å². The van der Waals surface area contributed by atoms with Crippen LogP contribution in [0.15, 0.2) is 72.8 Å². The number of carbonyl (C=O) groups is 2. The Morgan fingerprint density at radius 2 is 1.67 bits per heavy atom. The molecule has 4 rings (SSSR count). The summed E-state index contributed by atoms with van der Waals surface area (Å²) in [6.45, 7) is 4.92. The summed E-state index contributed by atoms with van der Waals surface area (Å²) in [6, 6.07) is 18.8. The van der Waals surface area contributed by atoms with Crippen LogP contribution in [0.4, 0.5) is 10.1 Å². The zero-order valence-corrected chi connectivity index (χ0v) is 24.8. The van der Waals surface area contributed by atoms with Crippen molar-refractivity contribution in [3.63, 3.8) is 0 Å². The van der Waals surface area contributed by atoms with Gasteiger partial charge in [-0.25, -0.2) is 12.8 Å². The summed E-state index contributed by atoms with van der Waals surface area (Å²) >= 11 is 0. The first-order valence-corrected chi connectivity index (χ1v) is 15.4. The molecule has 3 aromatic carbocycles. The number of carbonyl (C=O) groups excluding carboxylic acids is 2. The summed E-state index contributed by atoms with van der Waals surface area (Å²) in [5.74, 6) is -0.911. The number of sulfonamides is 1. The highest BCUT2D eigenvalue weighted by atomic mass is 32.2. The second-order valence-electron chi connectivity index (χ2n) is 10.4. The summed E-state index contributed by atoms with van der Waals surface area (Å²) in [4.78, 5) is 29.1. The number of halogens is 1. The standard InChI is InChI=1S/C31H36FN3O6S/c1-4-42(38,39)35(25-14-15-28-29(17-25)41-21-40-28)20-30(36)34(19-24-12-8-9-13-26(24)32)27(31(37)33-18-22(2)3)16-23-10-6-5-7-11-23/h5-15,17,22,27H,4,16,18-21H2,1-3H3,(H,33,37). The van der Waals surface area contributed by atoms with Crippen LogP contribution in [0.1, 0.15) is 31.9 Å². The van der Waals surface area contributed by atoms with Crippen LogP contribution in [-0.2, 0) is 32.6 Å². The second-order valence-corrected chi connectivity index (χ2v) is 12.6. The Morgan fingerprint density at radius 3 is 2.36 bits per heavy atom. The van der Waals surface area contributed by atoms with Gasteiger partial charge in [-0.3, -0.25) is 13.9 Å². The van der Waals surface area contributed by atoms with Gasteiger partial charge < -0.3 is 19.7 Å². The number of fused-ring (bicyclic) bond motifs is 1. The van der Waals surface area contributed by atoms with Crippen LogP contribution in [0.25, 0.3) is 0 Å². The van der Waals surface area contributed by atoms with E-state index >= 15 is 0 Å². The van der Waals surface area contributed by atoms with E-state index in [1.54, 1.807) is 18.2 Å². The van der Waals surface area contributed by atoms with Gasteiger partial charge in [0.1, 0.15) is 18.4 Å². The van der Waals surface area contributed by atoms with Crippen molar-refractivity contribution >= 4 is 27.5 Å². The average molecular weight is 598 g/mol. The molecule has 224 valence electrons. The molecule has 1 aliphatic heterocycles. The summed E-state index contributed by atoms with van der Waals surface area (Å²) in [5, 5.41) is 2.90. The van der Waals surface area contributed by atoms with Crippen LogP contribution >= 0.6 is 0 Å². The van der Waals surface area contributed by atoms with Gasteiger partial charge in [0.2, 0.25) is 28.6 Å². The normalized spacial score (nSPS) is 13.1. The van der Waals surface area contributed by atoms with Crippen molar-refractivity contribution in [1.82, 2.24) is 10.2 Å². The number of ether oxygens (including phenoxy) is 2. The predicted octanol–water partition coefficient (Wildman–Crippen LogP) is 4.12. The Hall–Kier alpha value is -4.12. The van der Waals surface area contributed by atoms with E-state index in [-0.39, 0.29) is 42.7 Å². The molecule has 1 unspecified atom stereocenters. The smallest absolute Gasteiger partial charge is 0.244 e. The van der Waals surface area contributed by atoms with Gasteiger partial charge in [-0.2, -0.15) is 0 Å². The zero-order chi connectivity index (χ0) is 30.3. The lowest BCUT2D eigenvalue weighted by Gasteiger charge is -2.34. The van der Waals surface area contributed by atoms with Gasteiger partial charge in [-0.1, -0.05) is 62.4 Å². The molecule has 0 radical (unpaired) electrons. The maximum absolute atomic E-state index is 14.9. The molecule has 1 heterocycles. The highest BCUT2D eigenvalue weighted by Crippen LogP contribution is 2.36. The van der Waals surface area contributed by atoms with Crippen molar-refractivity contribution < 1.29 is 31.9 Å². The molecular weight excluding hydrogens is 561 g/mol. The summed E-state index contributed by atoms with van der Waals surface area (Å²) < 4.78 is 53.2. The first-order valence-electron chi connectivity index (χ1n) is 13.8. The Kier molecular flexibility index (Phi) is 10.1. The highest BCUT2D eigenvalue weighted by molar-refractivity contribution is 7.92. The summed E-state index contributed by atoms with van der Waals surface area (Å²) in [7, 11) is -3.95. The van der Waals surface area contributed by atoms with E-state index in [2.05, 4.69) is 5.32 Å². The molecule has 0 fully saturated rings. The van der Waals surface area contributed by atoms with Gasteiger partial charge in [0.25, 0.3) is 0 Å². The Balaban J connectivity index is 1.75. The zero-order valence-electron chi connectivity index (χ0n) is 24.0. The van der Waals surface area contributed by atoms with E-state index in [9.17, 15) is 22.4 Å². The molecule has 0 saturated heterocycles. The fourth-order valence-corrected chi connectivity index (χ4v) is 5.60. The number of amides is 2. The second kappa shape index (κ2) is 13.7. The van der Waals surface area contributed by atoms with Crippen LogP contribution in [-0.4, -0.2) is 56.8 Å². The third kappa shape index (κ3) is 7.58. The lowest BCUT2D eigenvalue weighted by atomic mass is 10.0. The molecule has 0 saturated carbocycles. The maximum Gasteiger partial charge on any atom is 0.244 e. The maximum atomic E-state index is 14.9. The van der Waals surface area contributed by atoms with Crippen LogP contribution in [0.5, 0.6) is 11.5 Å². The molecule has 9 nitrogen and oxygen atoms in total. The van der Waals surface area contributed by atoms with Gasteiger partial charge in [-0.15, -0.1) is 0 Å². The summed E-state index contributed by atoms with van der Waals surface area (Å²) in [6.07, 6.45) is 0.148. The largest absolute Gasteiger partial charge is 0.454 e. The van der Waals surface area contributed by atoms with Gasteiger partial charge >= 0.3 is 0 Å². The molecule has 42 heavy (non-hydrogen) atoms. The van der Waals surface area contributed by atoms with Gasteiger partial charge in [0.05, 0.1) is 11.4 Å². The number of anilines is 1. The number of hydrogen-bond acceptors (Lipinski definition) is 6. The molecule has 0 aromatic heterocycles. The third-order valence-corrected chi connectivity index (χ3v) is 8.62. The van der Waals surface area contributed by atoms with Crippen LogP contribution in [0, 0.1) is 11.7 Å². The van der Waals surface area contributed by atoms with E-state index in [1.165, 1.54) is 36.1 Å². The molecule has 1 N–H and O–H groups in total. The van der Waals surface area contributed by atoms with Crippen molar-refractivity contribution in [2.75, 3.05) is 29.9 Å². The topological polar surface area (TPSA) is 105 Å². The van der Waals surface area contributed by atoms with Crippen LogP contribution in [0.2, 0.25) is 0 Å². The first kappa shape index (κ1) is 30.8. The van der Waals surface area contributed by atoms with Crippen molar-refractivity contribution in [1.29, 1.82) is 0 Å². The van der Waals surface area contributed by atoms with Gasteiger partial charge in [0, 0.05) is 31.1 Å². The highest BCUT2D eigenvalue weighted by Gasteiger charge is 2.34. The lowest BCUT2D eigenvalue weighted by Crippen LogP contribution is -2.54. The van der Waals surface area contributed by atoms with Gasteiger partial charge in [0.15, 0.2) is 11.5 Å². The number of nitrogens with zero attached hydrogens (tertiary/aromatic N) is 2. The van der Waals surface area contributed by atoms with E-state index in [1.807, 2.05) is 44.2 Å². The number of nitrogens with one attached hydrogen (secondary N) is 1. The molecule has 2 amide bonds. The first-order chi connectivity index (χ1) is 20.1. The Morgan fingerprint density at radius 1 is 0.976 bits per heavy atom. The number of benzene rings is 3. The SMILES string of the molecule is CCS(=O)(=O)N(CC(=O)N(Cc1ccccc1F)C(Cc1ccccc1)C(=O)NCC(C)C)c1ccc2c(c1)OCO2. The predicted molar refractivity (Wildman–Crippen MR) is 158 cm³/mol. The third-order valence-electron chi connectivity index (χ3n) is 6.88. The van der Waals surface area contributed by atoms with E-state index < -0.39 is 40.2 Å². The minimum absolute atomic E-state index is 0.00131. The molecule has 0 spiro atoms. The molecule has 1 aliphatic rings. The molecule has 11 heteroatoms. The number of hydrogen-bond donors (Lipinski definition) is 1. The minimum Gasteiger partial charge on any atom is -0.454 e. The van der Waals surface area contributed by atoms with Gasteiger partial charge in [-0.05, 0) is 36.6 Å². The molecule has 0 bridgehead atoms. The van der Waals surface area contributed by atoms with Crippen molar-refractivity contribution in [3.8, 4) is 11.5 Å². The average Bonchev–Trinajstić information content (AvgIpc) is 3.45. The van der Waals surface area contributed by atoms with E-state index in [0.717, 1.165) is 9.87 Å². The Bertz CT molecular complexity index is 1500. The molecule has 1 atom stereocenters. The molecule has 3 aromatic rings. The van der Waals surface area contributed by atoms with E-state index in [0.29, 0.717) is 18.0 Å². The molecular formula is C31H36FN3O6S. The Labute approximate surface area is 246 Å². The monoisotopic (exact) mass is 597 g/mol. The van der Waals surface area contributed by atoms with Crippen LogP contribution < -0.4 is 19.1 Å². The lowest BCUT2D eigenvalue weighted by molar-refractivity contribution is -0.140.